The number of benzene rings is 1. The second-order valence-corrected chi connectivity index (χ2v) is 3.19. The Labute approximate surface area is 74.8 Å². The van der Waals surface area contributed by atoms with Gasteiger partial charge < -0.3 is 10.1 Å². The van der Waals surface area contributed by atoms with Gasteiger partial charge in [-0.2, -0.15) is 0 Å². The van der Waals surface area contributed by atoms with E-state index in [9.17, 15) is 5.11 Å². The number of hydrogen-bond acceptors (Lipinski definition) is 1. The number of fused-ring (bicyclic) bond motifs is 1. The third-order valence-corrected chi connectivity index (χ3v) is 2.25. The fourth-order valence-corrected chi connectivity index (χ4v) is 1.52. The Morgan fingerprint density at radius 3 is 2.92 bits per heavy atom. The molecule has 0 aliphatic heterocycles. The SMILES string of the molecule is Cc1cc2c(Cl)c(O)ccc2[nH]1. The molecular weight excluding hydrogens is 174 g/mol. The van der Waals surface area contributed by atoms with Gasteiger partial charge in [-0.1, -0.05) is 11.6 Å². The number of aromatic nitrogens is 1. The minimum absolute atomic E-state index is 0.128. The second-order valence-electron chi connectivity index (χ2n) is 2.81. The molecule has 0 atom stereocenters. The van der Waals surface area contributed by atoms with Crippen LogP contribution in [0.15, 0.2) is 18.2 Å². The normalized spacial score (nSPS) is 10.8. The van der Waals surface area contributed by atoms with E-state index < -0.39 is 0 Å². The Morgan fingerprint density at radius 2 is 2.17 bits per heavy atom. The third-order valence-electron chi connectivity index (χ3n) is 1.85. The first-order chi connectivity index (χ1) is 5.68. The average Bonchev–Trinajstić information content (AvgIpc) is 2.39. The highest BCUT2D eigenvalue weighted by atomic mass is 35.5. The van der Waals surface area contributed by atoms with Crippen molar-refractivity contribution >= 4 is 22.5 Å². The standard InChI is InChI=1S/C9H8ClNO/c1-5-4-6-7(11-5)2-3-8(12)9(6)10/h2-4,11-12H,1H3. The van der Waals surface area contributed by atoms with Gasteiger partial charge in [-0.05, 0) is 25.1 Å². The largest absolute Gasteiger partial charge is 0.506 e. The van der Waals surface area contributed by atoms with Crippen LogP contribution >= 0.6 is 11.6 Å². The van der Waals surface area contributed by atoms with Crippen LogP contribution in [-0.2, 0) is 0 Å². The summed E-state index contributed by atoms with van der Waals surface area (Å²) in [5.74, 6) is 0.128. The summed E-state index contributed by atoms with van der Waals surface area (Å²) in [7, 11) is 0. The van der Waals surface area contributed by atoms with Crippen LogP contribution < -0.4 is 0 Å². The maximum absolute atomic E-state index is 9.28. The number of phenolic OH excluding ortho intramolecular Hbond substituents is 1. The number of halogens is 1. The zero-order valence-corrected chi connectivity index (χ0v) is 7.31. The van der Waals surface area contributed by atoms with Crippen LogP contribution in [0.25, 0.3) is 10.9 Å². The zero-order valence-electron chi connectivity index (χ0n) is 6.56. The molecule has 0 aliphatic carbocycles. The third kappa shape index (κ3) is 0.959. The second kappa shape index (κ2) is 2.42. The first-order valence-electron chi connectivity index (χ1n) is 3.65. The van der Waals surface area contributed by atoms with Gasteiger partial charge in [0.1, 0.15) is 5.75 Å². The fraction of sp³-hybridized carbons (Fsp3) is 0.111. The quantitative estimate of drug-likeness (QED) is 0.644. The maximum Gasteiger partial charge on any atom is 0.134 e. The molecule has 0 bridgehead atoms. The predicted octanol–water partition coefficient (Wildman–Crippen LogP) is 2.84. The Kier molecular flexibility index (Phi) is 1.51. The molecule has 2 nitrogen and oxygen atoms in total. The molecule has 12 heavy (non-hydrogen) atoms. The van der Waals surface area contributed by atoms with E-state index in [-0.39, 0.29) is 5.75 Å². The molecule has 0 unspecified atom stereocenters. The molecule has 0 aliphatic rings. The highest BCUT2D eigenvalue weighted by Crippen LogP contribution is 2.31. The smallest absolute Gasteiger partial charge is 0.134 e. The van der Waals surface area contributed by atoms with Crippen LogP contribution in [0.4, 0.5) is 0 Å². The molecular formula is C9H8ClNO. The molecule has 0 spiro atoms. The van der Waals surface area contributed by atoms with Gasteiger partial charge in [-0.3, -0.25) is 0 Å². The first-order valence-corrected chi connectivity index (χ1v) is 4.03. The van der Waals surface area contributed by atoms with Gasteiger partial charge in [-0.25, -0.2) is 0 Å². The number of aryl methyl sites for hydroxylation is 1. The number of nitrogens with one attached hydrogen (secondary N) is 1. The summed E-state index contributed by atoms with van der Waals surface area (Å²) in [6.07, 6.45) is 0. The summed E-state index contributed by atoms with van der Waals surface area (Å²) in [4.78, 5) is 3.13. The van der Waals surface area contributed by atoms with E-state index in [4.69, 9.17) is 11.6 Å². The van der Waals surface area contributed by atoms with Crippen molar-refractivity contribution in [3.63, 3.8) is 0 Å². The summed E-state index contributed by atoms with van der Waals surface area (Å²) in [5.41, 5.74) is 1.99. The van der Waals surface area contributed by atoms with E-state index >= 15 is 0 Å². The molecule has 62 valence electrons. The van der Waals surface area contributed by atoms with Crippen LogP contribution in [0.1, 0.15) is 5.69 Å². The molecule has 3 heteroatoms. The van der Waals surface area contributed by atoms with Crippen molar-refractivity contribution in [1.82, 2.24) is 4.98 Å². The van der Waals surface area contributed by atoms with Gasteiger partial charge in [0.25, 0.3) is 0 Å². The fourth-order valence-electron chi connectivity index (χ4n) is 1.30. The lowest BCUT2D eigenvalue weighted by atomic mass is 10.2. The number of H-pyrrole nitrogens is 1. The van der Waals surface area contributed by atoms with Crippen molar-refractivity contribution in [3.8, 4) is 5.75 Å². The molecule has 0 amide bonds. The van der Waals surface area contributed by atoms with E-state index in [2.05, 4.69) is 4.98 Å². The summed E-state index contributed by atoms with van der Waals surface area (Å²) >= 11 is 5.87. The van der Waals surface area contributed by atoms with Gasteiger partial charge in [-0.15, -0.1) is 0 Å². The number of aromatic amines is 1. The monoisotopic (exact) mass is 181 g/mol. The molecule has 1 heterocycles. The molecule has 1 aromatic heterocycles. The van der Waals surface area contributed by atoms with Gasteiger partial charge >= 0.3 is 0 Å². The summed E-state index contributed by atoms with van der Waals surface area (Å²) in [6, 6.07) is 5.31. The van der Waals surface area contributed by atoms with E-state index in [0.717, 1.165) is 16.6 Å². The Morgan fingerprint density at radius 1 is 1.42 bits per heavy atom. The molecule has 0 radical (unpaired) electrons. The number of rotatable bonds is 0. The topological polar surface area (TPSA) is 36.0 Å². The van der Waals surface area contributed by atoms with E-state index in [1.54, 1.807) is 6.07 Å². The molecule has 0 saturated carbocycles. The highest BCUT2D eigenvalue weighted by molar-refractivity contribution is 6.36. The van der Waals surface area contributed by atoms with Gasteiger partial charge in [0.2, 0.25) is 0 Å². The van der Waals surface area contributed by atoms with Gasteiger partial charge in [0.15, 0.2) is 0 Å². The molecule has 0 saturated heterocycles. The van der Waals surface area contributed by atoms with E-state index in [1.807, 2.05) is 19.1 Å². The molecule has 2 N–H and O–H groups in total. The van der Waals surface area contributed by atoms with Crippen molar-refractivity contribution in [2.75, 3.05) is 0 Å². The Balaban J connectivity index is 2.89. The van der Waals surface area contributed by atoms with Crippen molar-refractivity contribution < 1.29 is 5.11 Å². The van der Waals surface area contributed by atoms with Crippen LogP contribution in [0.3, 0.4) is 0 Å². The van der Waals surface area contributed by atoms with Crippen molar-refractivity contribution in [3.05, 3.63) is 28.9 Å². The molecule has 2 rings (SSSR count). The first kappa shape index (κ1) is 7.50. The van der Waals surface area contributed by atoms with Crippen molar-refractivity contribution in [2.24, 2.45) is 0 Å². The lowest BCUT2D eigenvalue weighted by Crippen LogP contribution is -1.70. The maximum atomic E-state index is 9.28. The minimum atomic E-state index is 0.128. The number of phenols is 1. The summed E-state index contributed by atoms with van der Waals surface area (Å²) < 4.78 is 0. The van der Waals surface area contributed by atoms with E-state index in [1.165, 1.54) is 0 Å². The van der Waals surface area contributed by atoms with Crippen molar-refractivity contribution in [2.45, 2.75) is 6.92 Å². The van der Waals surface area contributed by atoms with Gasteiger partial charge in [0, 0.05) is 16.6 Å². The highest BCUT2D eigenvalue weighted by Gasteiger charge is 2.05. The number of aromatic hydroxyl groups is 1. The van der Waals surface area contributed by atoms with Crippen molar-refractivity contribution in [1.29, 1.82) is 0 Å². The van der Waals surface area contributed by atoms with Crippen LogP contribution in [0, 0.1) is 6.92 Å². The predicted molar refractivity (Wildman–Crippen MR) is 49.7 cm³/mol. The summed E-state index contributed by atoms with van der Waals surface area (Å²) in [5, 5.41) is 10.6. The van der Waals surface area contributed by atoms with Crippen LogP contribution in [-0.4, -0.2) is 10.1 Å². The lowest BCUT2D eigenvalue weighted by Gasteiger charge is -1.96. The Bertz CT molecular complexity index is 433. The Hall–Kier alpha value is -1.15. The number of hydrogen-bond donors (Lipinski definition) is 2. The molecule has 0 fully saturated rings. The summed E-state index contributed by atoms with van der Waals surface area (Å²) in [6.45, 7) is 1.95. The van der Waals surface area contributed by atoms with Crippen LogP contribution in [0.5, 0.6) is 5.75 Å². The molecule has 2 aromatic rings. The van der Waals surface area contributed by atoms with Gasteiger partial charge in [0.05, 0.1) is 5.02 Å². The average molecular weight is 182 g/mol. The zero-order chi connectivity index (χ0) is 8.72. The van der Waals surface area contributed by atoms with E-state index in [0.29, 0.717) is 5.02 Å². The van der Waals surface area contributed by atoms with Crippen LogP contribution in [0.2, 0.25) is 5.02 Å². The molecule has 1 aromatic carbocycles. The minimum Gasteiger partial charge on any atom is -0.506 e. The lowest BCUT2D eigenvalue weighted by molar-refractivity contribution is 0.476.